The van der Waals surface area contributed by atoms with Crippen LogP contribution in [0.1, 0.15) is 62.9 Å². The number of rotatable bonds is 5. The predicted molar refractivity (Wildman–Crippen MR) is 95.4 cm³/mol. The number of hydrogen-bond acceptors (Lipinski definition) is 5. The zero-order valence-electron chi connectivity index (χ0n) is 15.7. The molecule has 7 heteroatoms. The molecule has 0 bridgehead atoms. The van der Waals surface area contributed by atoms with E-state index in [0.29, 0.717) is 19.1 Å². The summed E-state index contributed by atoms with van der Waals surface area (Å²) in [6.45, 7) is 5.55. The molecule has 2 fully saturated rings. The minimum Gasteiger partial charge on any atom is -0.466 e. The largest absolute Gasteiger partial charge is 0.466 e. The number of nitrogens with zero attached hydrogens (tertiary/aromatic N) is 2. The van der Waals surface area contributed by atoms with Gasteiger partial charge in [0.25, 0.3) is 0 Å². The first-order chi connectivity index (χ1) is 12.6. The van der Waals surface area contributed by atoms with E-state index in [1.807, 2.05) is 24.8 Å². The Labute approximate surface area is 154 Å². The van der Waals surface area contributed by atoms with Crippen LogP contribution < -0.4 is 5.32 Å². The van der Waals surface area contributed by atoms with Crippen LogP contribution in [-0.4, -0.2) is 41.8 Å². The maximum Gasteiger partial charge on any atom is 0.317 e. The molecule has 1 N–H and O–H groups in total. The highest BCUT2D eigenvalue weighted by Gasteiger charge is 2.33. The third-order valence-electron chi connectivity index (χ3n) is 5.51. The fourth-order valence-electron chi connectivity index (χ4n) is 4.06. The predicted octanol–water partition coefficient (Wildman–Crippen LogP) is 3.20. The molecule has 0 unspecified atom stereocenters. The van der Waals surface area contributed by atoms with Crippen LogP contribution in [0, 0.1) is 18.8 Å². The Hall–Kier alpha value is -2.05. The molecule has 2 aliphatic rings. The first-order valence-electron chi connectivity index (χ1n) is 9.72. The number of amides is 2. The van der Waals surface area contributed by atoms with Gasteiger partial charge in [-0.15, -0.1) is 0 Å². The van der Waals surface area contributed by atoms with Crippen LogP contribution in [0.2, 0.25) is 0 Å². The molecule has 2 amide bonds. The molecule has 2 heterocycles. The van der Waals surface area contributed by atoms with Gasteiger partial charge in [-0.05, 0) is 58.3 Å². The zero-order chi connectivity index (χ0) is 18.5. The molecule has 0 aromatic carbocycles. The van der Waals surface area contributed by atoms with Crippen molar-refractivity contribution in [3.8, 4) is 0 Å². The topological polar surface area (TPSA) is 84.7 Å². The van der Waals surface area contributed by atoms with Crippen LogP contribution in [-0.2, 0) is 9.53 Å². The third kappa shape index (κ3) is 4.37. The van der Waals surface area contributed by atoms with E-state index in [0.717, 1.165) is 56.5 Å². The summed E-state index contributed by atoms with van der Waals surface area (Å²) in [6.07, 6.45) is 5.51. The molecule has 1 aliphatic carbocycles. The Morgan fingerprint density at radius 1 is 1.31 bits per heavy atom. The highest BCUT2D eigenvalue weighted by atomic mass is 16.5. The van der Waals surface area contributed by atoms with Crippen LogP contribution >= 0.6 is 0 Å². The molecule has 144 valence electrons. The van der Waals surface area contributed by atoms with Gasteiger partial charge in [0.15, 0.2) is 0 Å². The Balaban J connectivity index is 1.45. The van der Waals surface area contributed by atoms with E-state index in [4.69, 9.17) is 9.26 Å². The van der Waals surface area contributed by atoms with Gasteiger partial charge >= 0.3 is 12.0 Å². The standard InChI is InChI=1S/C19H29N3O4/c1-3-25-18(23)15-8-6-14(7-9-15)12-20-19(24)22-10-4-5-17(22)16-11-13(2)26-21-16/h11,14-15,17H,3-10,12H2,1-2H3,(H,20,24)/t14?,15?,17-/m0/s1. The Morgan fingerprint density at radius 2 is 2.08 bits per heavy atom. The van der Waals surface area contributed by atoms with E-state index < -0.39 is 0 Å². The molecule has 7 nitrogen and oxygen atoms in total. The monoisotopic (exact) mass is 363 g/mol. The maximum absolute atomic E-state index is 12.6. The molecule has 26 heavy (non-hydrogen) atoms. The highest BCUT2D eigenvalue weighted by Crippen LogP contribution is 2.32. The number of nitrogens with one attached hydrogen (secondary N) is 1. The van der Waals surface area contributed by atoms with Gasteiger partial charge < -0.3 is 19.5 Å². The van der Waals surface area contributed by atoms with E-state index >= 15 is 0 Å². The van der Waals surface area contributed by atoms with Crippen molar-refractivity contribution in [3.05, 3.63) is 17.5 Å². The van der Waals surface area contributed by atoms with E-state index in [1.54, 1.807) is 0 Å². The number of esters is 1. The quantitative estimate of drug-likeness (QED) is 0.812. The van der Waals surface area contributed by atoms with E-state index in [1.165, 1.54) is 0 Å². The third-order valence-corrected chi connectivity index (χ3v) is 5.51. The van der Waals surface area contributed by atoms with Crippen molar-refractivity contribution >= 4 is 12.0 Å². The van der Waals surface area contributed by atoms with Gasteiger partial charge in [-0.1, -0.05) is 5.16 Å². The Morgan fingerprint density at radius 3 is 2.73 bits per heavy atom. The number of carbonyl (C=O) groups excluding carboxylic acids is 2. The lowest BCUT2D eigenvalue weighted by atomic mass is 9.82. The fraction of sp³-hybridized carbons (Fsp3) is 0.737. The fourth-order valence-corrected chi connectivity index (χ4v) is 4.06. The summed E-state index contributed by atoms with van der Waals surface area (Å²) >= 11 is 0. The molecular formula is C19H29N3O4. The van der Waals surface area contributed by atoms with Crippen molar-refractivity contribution in [2.45, 2.75) is 58.4 Å². The summed E-state index contributed by atoms with van der Waals surface area (Å²) in [5.41, 5.74) is 0.838. The van der Waals surface area contributed by atoms with Crippen molar-refractivity contribution in [3.63, 3.8) is 0 Å². The second-order valence-electron chi connectivity index (χ2n) is 7.37. The smallest absolute Gasteiger partial charge is 0.317 e. The second kappa shape index (κ2) is 8.56. The molecule has 1 saturated heterocycles. The number of aryl methyl sites for hydroxylation is 1. The number of ether oxygens (including phenoxy) is 1. The summed E-state index contributed by atoms with van der Waals surface area (Å²) < 4.78 is 10.3. The van der Waals surface area contributed by atoms with Crippen LogP contribution in [0.4, 0.5) is 4.79 Å². The number of likely N-dealkylation sites (tertiary alicyclic amines) is 1. The van der Waals surface area contributed by atoms with Gasteiger partial charge in [-0.2, -0.15) is 0 Å². The number of aromatic nitrogens is 1. The molecule has 1 aromatic rings. The lowest BCUT2D eigenvalue weighted by Crippen LogP contribution is -2.42. The van der Waals surface area contributed by atoms with Gasteiger partial charge in [0.05, 0.1) is 18.6 Å². The van der Waals surface area contributed by atoms with Crippen molar-refractivity contribution < 1.29 is 18.8 Å². The zero-order valence-corrected chi connectivity index (χ0v) is 15.7. The van der Waals surface area contributed by atoms with Crippen LogP contribution in [0.15, 0.2) is 10.6 Å². The summed E-state index contributed by atoms with van der Waals surface area (Å²) in [5, 5.41) is 7.16. The molecule has 3 rings (SSSR count). The molecule has 0 radical (unpaired) electrons. The number of urea groups is 1. The molecular weight excluding hydrogens is 334 g/mol. The SMILES string of the molecule is CCOC(=O)C1CCC(CNC(=O)N2CCC[C@H]2c2cc(C)on2)CC1. The lowest BCUT2D eigenvalue weighted by molar-refractivity contribution is -0.149. The minimum atomic E-state index is -0.0715. The molecule has 0 spiro atoms. The van der Waals surface area contributed by atoms with Crippen molar-refractivity contribution in [1.82, 2.24) is 15.4 Å². The van der Waals surface area contributed by atoms with Crippen molar-refractivity contribution in [1.29, 1.82) is 0 Å². The average Bonchev–Trinajstić information content (AvgIpc) is 3.29. The molecule has 1 aromatic heterocycles. The minimum absolute atomic E-state index is 0.00648. The first-order valence-corrected chi connectivity index (χ1v) is 9.72. The summed E-state index contributed by atoms with van der Waals surface area (Å²) in [6, 6.07) is 1.89. The van der Waals surface area contributed by atoms with E-state index in [2.05, 4.69) is 10.5 Å². The lowest BCUT2D eigenvalue weighted by Gasteiger charge is -2.29. The van der Waals surface area contributed by atoms with Crippen molar-refractivity contribution in [2.24, 2.45) is 11.8 Å². The van der Waals surface area contributed by atoms with E-state index in [-0.39, 0.29) is 24.0 Å². The average molecular weight is 363 g/mol. The van der Waals surface area contributed by atoms with Gasteiger partial charge in [0.2, 0.25) is 0 Å². The van der Waals surface area contributed by atoms with Crippen molar-refractivity contribution in [2.75, 3.05) is 19.7 Å². The summed E-state index contributed by atoms with van der Waals surface area (Å²) in [4.78, 5) is 26.3. The first kappa shape index (κ1) is 18.7. The second-order valence-corrected chi connectivity index (χ2v) is 7.37. The molecule has 1 atom stereocenters. The number of hydrogen-bond donors (Lipinski definition) is 1. The Bertz CT molecular complexity index is 622. The van der Waals surface area contributed by atoms with Crippen LogP contribution in [0.3, 0.4) is 0 Å². The number of carbonyl (C=O) groups is 2. The van der Waals surface area contributed by atoms with Gasteiger partial charge in [0, 0.05) is 19.2 Å². The highest BCUT2D eigenvalue weighted by molar-refractivity contribution is 5.75. The van der Waals surface area contributed by atoms with Crippen LogP contribution in [0.25, 0.3) is 0 Å². The Kier molecular flexibility index (Phi) is 6.16. The summed E-state index contributed by atoms with van der Waals surface area (Å²) in [7, 11) is 0. The summed E-state index contributed by atoms with van der Waals surface area (Å²) in [5.74, 6) is 1.16. The van der Waals surface area contributed by atoms with Gasteiger partial charge in [-0.3, -0.25) is 4.79 Å². The molecule has 1 aliphatic heterocycles. The molecule has 1 saturated carbocycles. The van der Waals surface area contributed by atoms with E-state index in [9.17, 15) is 9.59 Å². The van der Waals surface area contributed by atoms with Gasteiger partial charge in [0.1, 0.15) is 11.5 Å². The normalized spacial score (nSPS) is 25.9. The maximum atomic E-state index is 12.6. The van der Waals surface area contributed by atoms with Crippen LogP contribution in [0.5, 0.6) is 0 Å². The van der Waals surface area contributed by atoms with Gasteiger partial charge in [-0.25, -0.2) is 4.79 Å².